The van der Waals surface area contributed by atoms with E-state index in [0.29, 0.717) is 5.56 Å². The predicted molar refractivity (Wildman–Crippen MR) is 62.4 cm³/mol. The summed E-state index contributed by atoms with van der Waals surface area (Å²) in [5.74, 6) is -3.19. The maximum Gasteiger partial charge on any atom is 0.338 e. The average molecular weight is 265 g/mol. The fraction of sp³-hybridized carbons (Fsp3) is 0.0769. The van der Waals surface area contributed by atoms with Gasteiger partial charge in [0.15, 0.2) is 5.82 Å². The number of carboxylic acid groups (broad SMARTS) is 1. The summed E-state index contributed by atoms with van der Waals surface area (Å²) in [5.41, 5.74) is -0.0910. The molecule has 0 unspecified atom stereocenters. The Labute approximate surface area is 107 Å². The Morgan fingerprint density at radius 2 is 2.05 bits per heavy atom. The topological polar surface area (TPSA) is 59.4 Å². The first-order chi connectivity index (χ1) is 8.99. The first-order valence-electron chi connectivity index (χ1n) is 5.31. The first-order valence-corrected chi connectivity index (χ1v) is 5.31. The molecule has 0 fully saturated rings. The highest BCUT2D eigenvalue weighted by Gasteiger charge is 2.17. The molecular formula is C13H9F2NO3. The fourth-order valence-corrected chi connectivity index (χ4v) is 1.49. The zero-order chi connectivity index (χ0) is 14.0. The van der Waals surface area contributed by atoms with Crippen molar-refractivity contribution in [3.63, 3.8) is 0 Å². The third-order valence-electron chi connectivity index (χ3n) is 2.43. The Hall–Kier alpha value is -2.50. The number of hydrogen-bond acceptors (Lipinski definition) is 3. The summed E-state index contributed by atoms with van der Waals surface area (Å²) >= 11 is 0. The summed E-state index contributed by atoms with van der Waals surface area (Å²) in [6.07, 6.45) is 1.13. The first kappa shape index (κ1) is 12.9. The highest BCUT2D eigenvalue weighted by Crippen LogP contribution is 2.27. The number of aromatic nitrogens is 1. The van der Waals surface area contributed by atoms with Crippen molar-refractivity contribution in [1.82, 2.24) is 4.98 Å². The van der Waals surface area contributed by atoms with Gasteiger partial charge < -0.3 is 9.84 Å². The number of aromatic carboxylic acids is 1. The van der Waals surface area contributed by atoms with Crippen LogP contribution in [0, 0.1) is 18.6 Å². The predicted octanol–water partition coefficient (Wildman–Crippen LogP) is 3.16. The zero-order valence-corrected chi connectivity index (χ0v) is 9.85. The molecule has 1 aromatic carbocycles. The van der Waals surface area contributed by atoms with Gasteiger partial charge in [-0.2, -0.15) is 0 Å². The molecule has 0 radical (unpaired) electrons. The molecule has 0 amide bonds. The second-order valence-electron chi connectivity index (χ2n) is 3.79. The number of ether oxygens (including phenoxy) is 1. The quantitative estimate of drug-likeness (QED) is 0.926. The van der Waals surface area contributed by atoms with Gasteiger partial charge in [0, 0.05) is 6.20 Å². The standard InChI is InChI=1S/C13H9F2NO3/c1-7-6-8(14)2-3-10(7)19-12-11(15)9(13(17)18)4-5-16-12/h2-6H,1H3,(H,17,18). The number of carboxylic acids is 1. The minimum absolute atomic E-state index is 0.204. The minimum Gasteiger partial charge on any atom is -0.478 e. The number of aryl methyl sites for hydroxylation is 1. The SMILES string of the molecule is Cc1cc(F)ccc1Oc1nccc(C(=O)O)c1F. The Bertz CT molecular complexity index is 644. The Morgan fingerprint density at radius 1 is 1.32 bits per heavy atom. The summed E-state index contributed by atoms with van der Waals surface area (Å²) in [5, 5.41) is 8.77. The Kier molecular flexibility index (Phi) is 3.41. The molecule has 2 aromatic rings. The molecule has 98 valence electrons. The number of halogens is 2. The van der Waals surface area contributed by atoms with Crippen molar-refractivity contribution in [3.05, 3.63) is 53.2 Å². The highest BCUT2D eigenvalue weighted by molar-refractivity contribution is 5.88. The van der Waals surface area contributed by atoms with Crippen molar-refractivity contribution in [2.75, 3.05) is 0 Å². The lowest BCUT2D eigenvalue weighted by atomic mass is 10.2. The zero-order valence-electron chi connectivity index (χ0n) is 9.85. The van der Waals surface area contributed by atoms with E-state index in [4.69, 9.17) is 9.84 Å². The maximum absolute atomic E-state index is 13.8. The third-order valence-corrected chi connectivity index (χ3v) is 2.43. The van der Waals surface area contributed by atoms with Crippen molar-refractivity contribution >= 4 is 5.97 Å². The molecular weight excluding hydrogens is 256 g/mol. The van der Waals surface area contributed by atoms with Crippen molar-refractivity contribution in [1.29, 1.82) is 0 Å². The van der Waals surface area contributed by atoms with Gasteiger partial charge in [-0.05, 0) is 36.8 Å². The average Bonchev–Trinajstić information content (AvgIpc) is 2.34. The number of carbonyl (C=O) groups is 1. The molecule has 0 bridgehead atoms. The van der Waals surface area contributed by atoms with Crippen LogP contribution in [-0.2, 0) is 0 Å². The second kappa shape index (κ2) is 5.01. The molecule has 2 rings (SSSR count). The van der Waals surface area contributed by atoms with E-state index in [0.717, 1.165) is 18.3 Å². The minimum atomic E-state index is -1.42. The van der Waals surface area contributed by atoms with Gasteiger partial charge in [0.05, 0.1) is 0 Å². The van der Waals surface area contributed by atoms with Crippen LogP contribution >= 0.6 is 0 Å². The lowest BCUT2D eigenvalue weighted by Gasteiger charge is -2.09. The maximum atomic E-state index is 13.8. The monoisotopic (exact) mass is 265 g/mol. The number of pyridine rings is 1. The molecule has 1 heterocycles. The van der Waals surface area contributed by atoms with Crippen LogP contribution in [0.5, 0.6) is 11.6 Å². The smallest absolute Gasteiger partial charge is 0.338 e. The van der Waals surface area contributed by atoms with E-state index in [-0.39, 0.29) is 5.75 Å². The molecule has 4 nitrogen and oxygen atoms in total. The van der Waals surface area contributed by atoms with Gasteiger partial charge in [0.25, 0.3) is 5.88 Å². The van der Waals surface area contributed by atoms with Crippen molar-refractivity contribution in [2.24, 2.45) is 0 Å². The molecule has 0 saturated carbocycles. The van der Waals surface area contributed by atoms with Crippen LogP contribution in [0.4, 0.5) is 8.78 Å². The normalized spacial score (nSPS) is 10.3. The third kappa shape index (κ3) is 2.67. The molecule has 0 aliphatic heterocycles. The molecule has 6 heteroatoms. The van der Waals surface area contributed by atoms with Crippen LogP contribution in [-0.4, -0.2) is 16.1 Å². The molecule has 1 aromatic heterocycles. The van der Waals surface area contributed by atoms with E-state index < -0.39 is 29.0 Å². The summed E-state index contributed by atoms with van der Waals surface area (Å²) in [6.45, 7) is 1.58. The lowest BCUT2D eigenvalue weighted by Crippen LogP contribution is -2.03. The Balaban J connectivity index is 2.38. The van der Waals surface area contributed by atoms with Gasteiger partial charge in [0.1, 0.15) is 17.1 Å². The van der Waals surface area contributed by atoms with Crippen LogP contribution < -0.4 is 4.74 Å². The van der Waals surface area contributed by atoms with E-state index in [1.807, 2.05) is 0 Å². The molecule has 0 spiro atoms. The van der Waals surface area contributed by atoms with E-state index >= 15 is 0 Å². The van der Waals surface area contributed by atoms with Gasteiger partial charge >= 0.3 is 5.97 Å². The summed E-state index contributed by atoms with van der Waals surface area (Å²) < 4.78 is 31.9. The number of rotatable bonds is 3. The van der Waals surface area contributed by atoms with Crippen LogP contribution in [0.25, 0.3) is 0 Å². The largest absolute Gasteiger partial charge is 0.478 e. The number of benzene rings is 1. The Morgan fingerprint density at radius 3 is 2.68 bits per heavy atom. The van der Waals surface area contributed by atoms with Gasteiger partial charge in [-0.1, -0.05) is 0 Å². The molecule has 0 aliphatic rings. The van der Waals surface area contributed by atoms with E-state index in [1.165, 1.54) is 12.1 Å². The van der Waals surface area contributed by atoms with Crippen molar-refractivity contribution in [2.45, 2.75) is 6.92 Å². The van der Waals surface area contributed by atoms with E-state index in [2.05, 4.69) is 4.98 Å². The van der Waals surface area contributed by atoms with E-state index in [9.17, 15) is 13.6 Å². The summed E-state index contributed by atoms with van der Waals surface area (Å²) in [4.78, 5) is 14.4. The summed E-state index contributed by atoms with van der Waals surface area (Å²) in [6, 6.07) is 4.72. The van der Waals surface area contributed by atoms with Gasteiger partial charge in [0.2, 0.25) is 0 Å². The van der Waals surface area contributed by atoms with E-state index in [1.54, 1.807) is 6.92 Å². The molecule has 1 N–H and O–H groups in total. The lowest BCUT2D eigenvalue weighted by molar-refractivity contribution is 0.0690. The van der Waals surface area contributed by atoms with Crippen LogP contribution in [0.1, 0.15) is 15.9 Å². The highest BCUT2D eigenvalue weighted by atomic mass is 19.1. The van der Waals surface area contributed by atoms with Crippen molar-refractivity contribution < 1.29 is 23.4 Å². The second-order valence-corrected chi connectivity index (χ2v) is 3.79. The molecule has 0 aliphatic carbocycles. The number of hydrogen-bond donors (Lipinski definition) is 1. The molecule has 0 atom stereocenters. The molecule has 0 saturated heterocycles. The van der Waals surface area contributed by atoms with Gasteiger partial charge in [-0.3, -0.25) is 0 Å². The van der Waals surface area contributed by atoms with Crippen LogP contribution in [0.15, 0.2) is 30.5 Å². The van der Waals surface area contributed by atoms with Gasteiger partial charge in [-0.25, -0.2) is 18.6 Å². The van der Waals surface area contributed by atoms with Crippen LogP contribution in [0.2, 0.25) is 0 Å². The van der Waals surface area contributed by atoms with Crippen LogP contribution in [0.3, 0.4) is 0 Å². The fourth-order valence-electron chi connectivity index (χ4n) is 1.49. The van der Waals surface area contributed by atoms with Crippen molar-refractivity contribution in [3.8, 4) is 11.6 Å². The number of nitrogens with zero attached hydrogens (tertiary/aromatic N) is 1. The summed E-state index contributed by atoms with van der Waals surface area (Å²) in [7, 11) is 0. The molecule has 19 heavy (non-hydrogen) atoms. The van der Waals surface area contributed by atoms with Gasteiger partial charge in [-0.15, -0.1) is 0 Å².